The maximum Gasteiger partial charge on any atom is 0.0313 e. The van der Waals surface area contributed by atoms with E-state index in [-0.39, 0.29) is 0 Å². The predicted molar refractivity (Wildman–Crippen MR) is 78.1 cm³/mol. The van der Waals surface area contributed by atoms with Crippen LogP contribution in [0.4, 0.5) is 0 Å². The minimum Gasteiger partial charge on any atom is -0.310 e. The Hall–Kier alpha value is -1.67. The molecule has 1 N–H and O–H groups in total. The van der Waals surface area contributed by atoms with Gasteiger partial charge in [0.1, 0.15) is 0 Å². The number of fused-ring (bicyclic) bond motifs is 1. The van der Waals surface area contributed by atoms with Gasteiger partial charge in [0.05, 0.1) is 0 Å². The monoisotopic (exact) mass is 252 g/mol. The van der Waals surface area contributed by atoms with Crippen LogP contribution in [0.25, 0.3) is 0 Å². The number of nitrogens with one attached hydrogen (secondary N) is 1. The Morgan fingerprint density at radius 1 is 1.21 bits per heavy atom. The molecule has 2 aromatic rings. The smallest absolute Gasteiger partial charge is 0.0313 e. The van der Waals surface area contributed by atoms with Crippen molar-refractivity contribution >= 4 is 0 Å². The topological polar surface area (TPSA) is 24.9 Å². The molecule has 2 nitrogen and oxygen atoms in total. The summed E-state index contributed by atoms with van der Waals surface area (Å²) in [6.07, 6.45) is 7.43. The van der Waals surface area contributed by atoms with Crippen molar-refractivity contribution in [2.75, 3.05) is 0 Å². The number of aromatic nitrogens is 1. The molecule has 3 rings (SSSR count). The van der Waals surface area contributed by atoms with Gasteiger partial charge < -0.3 is 5.32 Å². The van der Waals surface area contributed by atoms with E-state index in [1.807, 2.05) is 12.4 Å². The van der Waals surface area contributed by atoms with E-state index in [4.69, 9.17) is 0 Å². The number of nitrogens with zero attached hydrogens (tertiary/aromatic N) is 1. The summed E-state index contributed by atoms with van der Waals surface area (Å²) in [6, 6.07) is 11.6. The summed E-state index contributed by atoms with van der Waals surface area (Å²) in [5.41, 5.74) is 5.54. The van der Waals surface area contributed by atoms with Gasteiger partial charge in [0.15, 0.2) is 0 Å². The van der Waals surface area contributed by atoms with Crippen LogP contribution in [0, 0.1) is 6.92 Å². The average Bonchev–Trinajstić information content (AvgIpc) is 2.45. The normalized spacial score (nSPS) is 18.1. The molecule has 1 aliphatic rings. The molecule has 98 valence electrons. The number of hydrogen-bond donors (Lipinski definition) is 1. The molecule has 19 heavy (non-hydrogen) atoms. The fraction of sp³-hybridized carbons (Fsp3) is 0.353. The number of rotatable bonds is 3. The molecule has 0 saturated heterocycles. The second-order valence-electron chi connectivity index (χ2n) is 5.46. The second-order valence-corrected chi connectivity index (χ2v) is 5.46. The summed E-state index contributed by atoms with van der Waals surface area (Å²) in [6.45, 7) is 3.01. The zero-order valence-electron chi connectivity index (χ0n) is 11.4. The molecule has 0 saturated carbocycles. The van der Waals surface area contributed by atoms with Crippen molar-refractivity contribution < 1.29 is 0 Å². The maximum atomic E-state index is 4.24. The van der Waals surface area contributed by atoms with Gasteiger partial charge in [-0.15, -0.1) is 0 Å². The van der Waals surface area contributed by atoms with E-state index in [0.29, 0.717) is 6.04 Å². The first kappa shape index (κ1) is 12.4. The standard InChI is InChI=1S/C17H20N2/c1-13-8-14(11-18-10-13)12-19-17-7-6-15-4-2-3-5-16(15)9-17/h2-5,8,10-11,17,19H,6-7,9,12H2,1H3. The molecule has 1 unspecified atom stereocenters. The molecule has 0 amide bonds. The summed E-state index contributed by atoms with van der Waals surface area (Å²) in [4.78, 5) is 4.24. The van der Waals surface area contributed by atoms with Gasteiger partial charge in [-0.25, -0.2) is 0 Å². The lowest BCUT2D eigenvalue weighted by Gasteiger charge is -2.25. The van der Waals surface area contributed by atoms with Crippen molar-refractivity contribution in [2.24, 2.45) is 0 Å². The fourth-order valence-corrected chi connectivity index (χ4v) is 2.85. The van der Waals surface area contributed by atoms with Crippen molar-refractivity contribution in [3.63, 3.8) is 0 Å². The van der Waals surface area contributed by atoms with Crippen molar-refractivity contribution in [2.45, 2.75) is 38.8 Å². The van der Waals surface area contributed by atoms with Crippen molar-refractivity contribution in [3.05, 3.63) is 65.0 Å². The summed E-state index contributed by atoms with van der Waals surface area (Å²) in [7, 11) is 0. The van der Waals surface area contributed by atoms with Gasteiger partial charge in [-0.3, -0.25) is 4.98 Å². The van der Waals surface area contributed by atoms with Crippen molar-refractivity contribution in [3.8, 4) is 0 Å². The second kappa shape index (κ2) is 5.54. The predicted octanol–water partition coefficient (Wildman–Crippen LogP) is 3.04. The molecule has 0 fully saturated rings. The molecule has 1 heterocycles. The van der Waals surface area contributed by atoms with E-state index in [1.54, 1.807) is 0 Å². The van der Waals surface area contributed by atoms with Gasteiger partial charge in [0.2, 0.25) is 0 Å². The van der Waals surface area contributed by atoms with Crippen LogP contribution < -0.4 is 5.32 Å². The van der Waals surface area contributed by atoms with Gasteiger partial charge in [0.25, 0.3) is 0 Å². The van der Waals surface area contributed by atoms with Crippen LogP contribution in [0.1, 0.15) is 28.7 Å². The quantitative estimate of drug-likeness (QED) is 0.908. The number of pyridine rings is 1. The first-order valence-corrected chi connectivity index (χ1v) is 7.02. The van der Waals surface area contributed by atoms with E-state index in [1.165, 1.54) is 35.1 Å². The first-order chi connectivity index (χ1) is 9.31. The van der Waals surface area contributed by atoms with E-state index < -0.39 is 0 Å². The SMILES string of the molecule is Cc1cncc(CNC2CCc3ccccc3C2)c1. The minimum absolute atomic E-state index is 0.593. The lowest BCUT2D eigenvalue weighted by atomic mass is 9.88. The Labute approximate surface area is 114 Å². The Morgan fingerprint density at radius 2 is 2.05 bits per heavy atom. The zero-order chi connectivity index (χ0) is 13.1. The van der Waals surface area contributed by atoms with E-state index >= 15 is 0 Å². The largest absolute Gasteiger partial charge is 0.310 e. The van der Waals surface area contributed by atoms with Crippen LogP contribution in [0.5, 0.6) is 0 Å². The fourth-order valence-electron chi connectivity index (χ4n) is 2.85. The minimum atomic E-state index is 0.593. The highest BCUT2D eigenvalue weighted by molar-refractivity contribution is 5.30. The summed E-state index contributed by atoms with van der Waals surface area (Å²) in [5.74, 6) is 0. The molecule has 1 aliphatic carbocycles. The molecule has 1 aromatic carbocycles. The molecule has 1 aromatic heterocycles. The van der Waals surface area contributed by atoms with Gasteiger partial charge >= 0.3 is 0 Å². The Bertz CT molecular complexity index is 563. The summed E-state index contributed by atoms with van der Waals surface area (Å²) in [5, 5.41) is 3.67. The number of benzene rings is 1. The molecule has 0 bridgehead atoms. The molecule has 2 heteroatoms. The molecule has 0 radical (unpaired) electrons. The molecule has 1 atom stereocenters. The lowest BCUT2D eigenvalue weighted by molar-refractivity contribution is 0.457. The average molecular weight is 252 g/mol. The molecular formula is C17H20N2. The van der Waals surface area contributed by atoms with Crippen LogP contribution in [0.15, 0.2) is 42.7 Å². The van der Waals surface area contributed by atoms with E-state index in [9.17, 15) is 0 Å². The van der Waals surface area contributed by atoms with Crippen LogP contribution in [-0.4, -0.2) is 11.0 Å². The highest BCUT2D eigenvalue weighted by Gasteiger charge is 2.17. The number of aryl methyl sites for hydroxylation is 2. The van der Waals surface area contributed by atoms with Crippen molar-refractivity contribution in [1.82, 2.24) is 10.3 Å². The van der Waals surface area contributed by atoms with E-state index in [0.717, 1.165) is 13.0 Å². The van der Waals surface area contributed by atoms with Gasteiger partial charge in [0, 0.05) is 25.0 Å². The highest BCUT2D eigenvalue weighted by atomic mass is 14.9. The third kappa shape index (κ3) is 3.02. The zero-order valence-corrected chi connectivity index (χ0v) is 11.4. The van der Waals surface area contributed by atoms with Crippen LogP contribution in [0.3, 0.4) is 0 Å². The van der Waals surface area contributed by atoms with Crippen LogP contribution in [-0.2, 0) is 19.4 Å². The third-order valence-electron chi connectivity index (χ3n) is 3.87. The maximum absolute atomic E-state index is 4.24. The van der Waals surface area contributed by atoms with Gasteiger partial charge in [-0.05, 0) is 48.4 Å². The van der Waals surface area contributed by atoms with Crippen molar-refractivity contribution in [1.29, 1.82) is 0 Å². The first-order valence-electron chi connectivity index (χ1n) is 7.02. The summed E-state index contributed by atoms with van der Waals surface area (Å²) < 4.78 is 0. The van der Waals surface area contributed by atoms with Gasteiger partial charge in [-0.1, -0.05) is 30.3 Å². The molecular weight excluding hydrogens is 232 g/mol. The van der Waals surface area contributed by atoms with Crippen LogP contribution >= 0.6 is 0 Å². The Morgan fingerprint density at radius 3 is 2.89 bits per heavy atom. The Kier molecular flexibility index (Phi) is 3.60. The summed E-state index contributed by atoms with van der Waals surface area (Å²) >= 11 is 0. The lowest BCUT2D eigenvalue weighted by Crippen LogP contribution is -2.34. The molecule has 0 spiro atoms. The van der Waals surface area contributed by atoms with Gasteiger partial charge in [-0.2, -0.15) is 0 Å². The van der Waals surface area contributed by atoms with E-state index in [2.05, 4.69) is 47.6 Å². The molecule has 0 aliphatic heterocycles. The van der Waals surface area contributed by atoms with Crippen LogP contribution in [0.2, 0.25) is 0 Å². The number of hydrogen-bond acceptors (Lipinski definition) is 2. The third-order valence-corrected chi connectivity index (χ3v) is 3.87. The Balaban J connectivity index is 1.61. The highest BCUT2D eigenvalue weighted by Crippen LogP contribution is 2.21.